The lowest BCUT2D eigenvalue weighted by atomic mass is 9.61. The van der Waals surface area contributed by atoms with Crippen LogP contribution in [-0.4, -0.2) is 73.6 Å². The molecule has 0 aromatic carbocycles. The summed E-state index contributed by atoms with van der Waals surface area (Å²) in [7, 11) is 3.17. The number of rotatable bonds is 6. The Morgan fingerprint density at radius 2 is 1.95 bits per heavy atom. The molecule has 0 bridgehead atoms. The van der Waals surface area contributed by atoms with E-state index >= 15 is 0 Å². The van der Waals surface area contributed by atoms with Gasteiger partial charge in [0.05, 0.1) is 32.8 Å². The molecule has 2 aliphatic carbocycles. The number of methoxy groups -OCH3 is 1. The predicted molar refractivity (Wildman–Crippen MR) is 140 cm³/mol. The molecule has 10 heteroatoms. The number of epoxide rings is 1. The number of ether oxygens (including phenoxy) is 2. The number of fused-ring (bicyclic) bond motifs is 2. The molecule has 5 rings (SSSR count). The third-order valence-corrected chi connectivity index (χ3v) is 9.89. The van der Waals surface area contributed by atoms with Crippen molar-refractivity contribution in [2.45, 2.75) is 94.0 Å². The average molecular weight is 532 g/mol. The van der Waals surface area contributed by atoms with Crippen LogP contribution in [0.4, 0.5) is 0 Å². The number of carbonyl (C=O) groups is 3. The Balaban J connectivity index is 1.42. The summed E-state index contributed by atoms with van der Waals surface area (Å²) >= 11 is 0. The van der Waals surface area contributed by atoms with Gasteiger partial charge < -0.3 is 14.8 Å². The normalized spacial score (nSPS) is 42.3. The smallest absolute Gasteiger partial charge is 0.349 e. The molecule has 10 nitrogen and oxygen atoms in total. The summed E-state index contributed by atoms with van der Waals surface area (Å²) in [5, 5.41) is 9.47. The van der Waals surface area contributed by atoms with Crippen molar-refractivity contribution >= 4 is 23.5 Å². The van der Waals surface area contributed by atoms with Crippen LogP contribution in [0.2, 0.25) is 0 Å². The molecule has 0 amide bonds. The third-order valence-electron chi connectivity index (χ3n) is 9.89. The van der Waals surface area contributed by atoms with E-state index < -0.39 is 23.1 Å². The number of hydrogen-bond acceptors (Lipinski definition) is 6. The first kappa shape index (κ1) is 27.3. The van der Waals surface area contributed by atoms with E-state index in [0.717, 1.165) is 69.6 Å². The molecule has 0 radical (unpaired) electrons. The van der Waals surface area contributed by atoms with Gasteiger partial charge in [0, 0.05) is 43.4 Å². The van der Waals surface area contributed by atoms with Crippen LogP contribution in [-0.2, 0) is 23.9 Å². The zero-order valence-electron chi connectivity index (χ0n) is 23.1. The van der Waals surface area contributed by atoms with Crippen molar-refractivity contribution in [1.29, 1.82) is 0 Å². The number of ketones is 2. The van der Waals surface area contributed by atoms with Gasteiger partial charge in [-0.3, -0.25) is 30.9 Å². The van der Waals surface area contributed by atoms with Gasteiger partial charge in [-0.1, -0.05) is 24.5 Å². The topological polar surface area (TPSA) is 154 Å². The van der Waals surface area contributed by atoms with Gasteiger partial charge in [0.15, 0.2) is 17.2 Å². The Morgan fingerprint density at radius 3 is 2.63 bits per heavy atom. The van der Waals surface area contributed by atoms with Gasteiger partial charge in [-0.25, -0.2) is 4.79 Å². The Kier molecular flexibility index (Phi) is 7.43. The van der Waals surface area contributed by atoms with Gasteiger partial charge in [-0.15, -0.1) is 0 Å². The minimum Gasteiger partial charge on any atom is -0.466 e. The maximum atomic E-state index is 13.8. The van der Waals surface area contributed by atoms with Crippen LogP contribution in [0, 0.1) is 17.8 Å². The largest absolute Gasteiger partial charge is 0.466 e. The molecule has 210 valence electrons. The molecule has 4 unspecified atom stereocenters. The third kappa shape index (κ3) is 4.29. The van der Waals surface area contributed by atoms with Crippen molar-refractivity contribution in [3.63, 3.8) is 0 Å². The Bertz CT molecular complexity index is 1040. The van der Waals surface area contributed by atoms with E-state index in [2.05, 4.69) is 27.9 Å². The first-order valence-corrected chi connectivity index (χ1v) is 14.4. The summed E-state index contributed by atoms with van der Waals surface area (Å²) in [4.78, 5) is 43.6. The van der Waals surface area contributed by atoms with Gasteiger partial charge in [0.25, 0.3) is 5.60 Å². The van der Waals surface area contributed by atoms with E-state index in [1.807, 2.05) is 13.1 Å². The van der Waals surface area contributed by atoms with Crippen LogP contribution in [0.3, 0.4) is 0 Å². The Hall–Kier alpha value is -2.30. The SMILES string of the molecule is C[NH+]=C1NCCC[C@](CC(C)=CC[C@@]23O[C@]2(C(=O)OC)C(=O)C2CCCCC2C3=O)(C2CC[NH2+]C(N)C2)N1. The average Bonchev–Trinajstić information content (AvgIpc) is 3.67. The van der Waals surface area contributed by atoms with Crippen LogP contribution in [0.5, 0.6) is 0 Å². The fourth-order valence-corrected chi connectivity index (χ4v) is 7.92. The van der Waals surface area contributed by atoms with Gasteiger partial charge in [0.2, 0.25) is 0 Å². The van der Waals surface area contributed by atoms with Crippen molar-refractivity contribution in [3.05, 3.63) is 11.6 Å². The van der Waals surface area contributed by atoms with Gasteiger partial charge >= 0.3 is 11.9 Å². The number of hydrogen-bond donors (Lipinski definition) is 5. The summed E-state index contributed by atoms with van der Waals surface area (Å²) in [5.74, 6) is -0.581. The van der Waals surface area contributed by atoms with E-state index in [-0.39, 0.29) is 35.6 Å². The van der Waals surface area contributed by atoms with Crippen LogP contribution >= 0.6 is 0 Å². The van der Waals surface area contributed by atoms with Crippen molar-refractivity contribution in [2.75, 3.05) is 27.2 Å². The summed E-state index contributed by atoms with van der Waals surface area (Å²) in [6.45, 7) is 3.96. The minimum absolute atomic E-state index is 0.0831. The maximum absolute atomic E-state index is 13.8. The van der Waals surface area contributed by atoms with Gasteiger partial charge in [-0.05, 0) is 32.6 Å². The molecular weight excluding hydrogens is 486 g/mol. The summed E-state index contributed by atoms with van der Waals surface area (Å²) in [5.41, 5.74) is 4.07. The standard InChI is InChI=1S/C28H43N5O5/c1-17(16-26(18-10-14-31-21(29)15-18)11-6-13-32-25(30-2)33-26)9-12-27-22(34)19-7-4-5-8-20(19)23(35)28(27,38-27)24(36)37-3/h9,18-21,31H,4-8,10-16,29H2,1-3H3,(H2,30,32,33)/p+2/t18?,19?,20?,21?,26-,27-,28-/m0/s1. The van der Waals surface area contributed by atoms with Gasteiger partial charge in [0.1, 0.15) is 6.17 Å². The highest BCUT2D eigenvalue weighted by Crippen LogP contribution is 2.61. The molecule has 0 aromatic rings. The van der Waals surface area contributed by atoms with Crippen LogP contribution < -0.4 is 26.7 Å². The molecule has 0 spiro atoms. The maximum Gasteiger partial charge on any atom is 0.349 e. The predicted octanol–water partition coefficient (Wildman–Crippen LogP) is -1.61. The van der Waals surface area contributed by atoms with E-state index in [4.69, 9.17) is 15.2 Å². The highest BCUT2D eigenvalue weighted by Gasteiger charge is 2.86. The second-order valence-electron chi connectivity index (χ2n) is 12.1. The van der Waals surface area contributed by atoms with Crippen LogP contribution in [0.15, 0.2) is 11.6 Å². The van der Waals surface area contributed by atoms with E-state index in [0.29, 0.717) is 18.8 Å². The van der Waals surface area contributed by atoms with Crippen molar-refractivity contribution in [3.8, 4) is 0 Å². The van der Waals surface area contributed by atoms with Crippen LogP contribution in [0.25, 0.3) is 0 Å². The zero-order chi connectivity index (χ0) is 27.1. The van der Waals surface area contributed by atoms with Crippen molar-refractivity contribution in [2.24, 2.45) is 23.5 Å². The molecule has 2 saturated carbocycles. The molecule has 5 fully saturated rings. The molecule has 3 heterocycles. The fraction of sp³-hybridized carbons (Fsp3) is 0.786. The first-order valence-electron chi connectivity index (χ1n) is 14.4. The van der Waals surface area contributed by atoms with E-state index in [1.54, 1.807) is 0 Å². The summed E-state index contributed by atoms with van der Waals surface area (Å²) in [6.07, 6.45) is 10.2. The van der Waals surface area contributed by atoms with E-state index in [9.17, 15) is 14.4 Å². The Morgan fingerprint density at radius 1 is 1.21 bits per heavy atom. The molecule has 0 aromatic heterocycles. The highest BCUT2D eigenvalue weighted by molar-refractivity contribution is 6.23. The molecule has 3 aliphatic heterocycles. The number of quaternary nitrogens is 1. The lowest BCUT2D eigenvalue weighted by molar-refractivity contribution is -0.699. The number of Topliss-reactive ketones (excluding diaryl/α,β-unsaturated/α-hetero) is 2. The van der Waals surface area contributed by atoms with Crippen molar-refractivity contribution in [1.82, 2.24) is 10.6 Å². The second-order valence-corrected chi connectivity index (χ2v) is 12.1. The fourth-order valence-electron chi connectivity index (χ4n) is 7.92. The molecule has 38 heavy (non-hydrogen) atoms. The van der Waals surface area contributed by atoms with Crippen LogP contribution in [0.1, 0.15) is 71.1 Å². The van der Waals surface area contributed by atoms with Crippen molar-refractivity contribution < 1.29 is 34.2 Å². The van der Waals surface area contributed by atoms with E-state index in [1.165, 1.54) is 7.11 Å². The Labute approximate surface area is 224 Å². The highest BCUT2D eigenvalue weighted by atomic mass is 16.7. The number of guanidine groups is 1. The summed E-state index contributed by atoms with van der Waals surface area (Å²) in [6, 6.07) is 0. The molecule has 7 N–H and O–H groups in total. The number of nitrogens with one attached hydrogen (secondary N) is 3. The molecule has 3 saturated heterocycles. The quantitative estimate of drug-likeness (QED) is 0.119. The first-order chi connectivity index (χ1) is 18.2. The number of esters is 1. The van der Waals surface area contributed by atoms with Gasteiger partial charge in [-0.2, -0.15) is 0 Å². The monoisotopic (exact) mass is 531 g/mol. The minimum atomic E-state index is -1.78. The number of carbonyl (C=O) groups excluding carboxylic acids is 3. The number of nitrogens with two attached hydrogens (primary N) is 2. The second kappa shape index (κ2) is 10.4. The molecular formula is C28H45N5O5+2. The zero-order valence-corrected chi connectivity index (χ0v) is 23.1. The molecule has 5 aliphatic rings. The lowest BCUT2D eigenvalue weighted by Gasteiger charge is -2.41. The lowest BCUT2D eigenvalue weighted by Crippen LogP contribution is -2.95. The summed E-state index contributed by atoms with van der Waals surface area (Å²) < 4.78 is 11.0. The molecule has 7 atom stereocenters. The number of piperidine rings is 1.